The molecule has 0 rings (SSSR count). The Labute approximate surface area is 306 Å². The van der Waals surface area contributed by atoms with E-state index in [4.69, 9.17) is 0 Å². The number of nitrogens with one attached hydrogen (secondary N) is 1. The maximum absolute atomic E-state index is 12.4. The maximum Gasteiger partial charge on any atom is 0.224 e. The lowest BCUT2D eigenvalue weighted by molar-refractivity contribution is -0.121. The highest BCUT2D eigenvalue weighted by Gasteiger charge is 2.22. The number of hydrogen-bond donors (Lipinski definition) is 4. The van der Waals surface area contributed by atoms with Gasteiger partial charge in [0.25, 0.3) is 0 Å². The lowest BCUT2D eigenvalue weighted by atomic mass is 10.0. The summed E-state index contributed by atoms with van der Waals surface area (Å²) in [5.41, 5.74) is 0.00386. The summed E-state index contributed by atoms with van der Waals surface area (Å²) in [6.07, 6.45) is 45.3. The summed E-state index contributed by atoms with van der Waals surface area (Å²) in [6.45, 7) is 4.53. The highest BCUT2D eigenvalue weighted by Crippen LogP contribution is 2.17. The molecular formula is C44H87NO4. The van der Waals surface area contributed by atoms with Crippen molar-refractivity contribution in [1.29, 1.82) is 0 Å². The number of unbranched alkanes of at least 4 members (excludes halogenated alkanes) is 33. The standard InChI is InChI=1S/C44H87NO4/c1-3-5-7-9-11-13-15-16-17-18-19-20-21-22-23-24-25-26-27-28-29-31-33-35-37-39-43(48)45-41(40-46)44(49)42(47)38-36-34-32-30-14-12-10-8-6-4-2/h40,42,44,46-47,49H,3-39H2,1-2H3,(H,45,48)/b41-40+. The van der Waals surface area contributed by atoms with Crippen molar-refractivity contribution in [3.8, 4) is 0 Å². The second-order valence-electron chi connectivity index (χ2n) is 15.4. The minimum Gasteiger partial charge on any atom is -0.514 e. The van der Waals surface area contributed by atoms with Gasteiger partial charge in [0, 0.05) is 6.42 Å². The zero-order valence-electron chi connectivity index (χ0n) is 33.1. The van der Waals surface area contributed by atoms with Crippen molar-refractivity contribution in [2.24, 2.45) is 0 Å². The molecule has 0 aliphatic heterocycles. The van der Waals surface area contributed by atoms with Crippen LogP contribution in [-0.4, -0.2) is 33.4 Å². The van der Waals surface area contributed by atoms with E-state index in [1.54, 1.807) is 0 Å². The van der Waals surface area contributed by atoms with E-state index < -0.39 is 12.2 Å². The molecule has 0 heterocycles. The van der Waals surface area contributed by atoms with Gasteiger partial charge in [0.15, 0.2) is 0 Å². The monoisotopic (exact) mass is 694 g/mol. The molecule has 292 valence electrons. The average Bonchev–Trinajstić information content (AvgIpc) is 3.10. The Kier molecular flexibility index (Phi) is 38.8. The summed E-state index contributed by atoms with van der Waals surface area (Å²) in [7, 11) is 0. The van der Waals surface area contributed by atoms with Gasteiger partial charge in [-0.1, -0.05) is 232 Å². The van der Waals surface area contributed by atoms with Crippen LogP contribution in [0.2, 0.25) is 0 Å². The van der Waals surface area contributed by atoms with Gasteiger partial charge in [-0.3, -0.25) is 4.79 Å². The average molecular weight is 694 g/mol. The molecule has 4 N–H and O–H groups in total. The van der Waals surface area contributed by atoms with Crippen LogP contribution in [0.25, 0.3) is 0 Å². The fourth-order valence-corrected chi connectivity index (χ4v) is 7.04. The Hall–Kier alpha value is -1.07. The van der Waals surface area contributed by atoms with Gasteiger partial charge < -0.3 is 20.6 Å². The molecule has 0 aliphatic rings. The molecule has 0 aromatic rings. The molecule has 2 unspecified atom stereocenters. The number of amides is 1. The molecule has 1 amide bonds. The van der Waals surface area contributed by atoms with E-state index in [1.165, 1.54) is 186 Å². The zero-order chi connectivity index (χ0) is 35.9. The molecule has 0 saturated heterocycles. The summed E-state index contributed by atoms with van der Waals surface area (Å²) in [5, 5.41) is 33.0. The highest BCUT2D eigenvalue weighted by molar-refractivity contribution is 5.77. The van der Waals surface area contributed by atoms with Crippen molar-refractivity contribution in [2.75, 3.05) is 0 Å². The maximum atomic E-state index is 12.4. The van der Waals surface area contributed by atoms with Gasteiger partial charge in [-0.15, -0.1) is 0 Å². The minimum absolute atomic E-state index is 0.00386. The number of carbonyl (C=O) groups is 1. The molecule has 0 saturated carbocycles. The third kappa shape index (κ3) is 35.1. The van der Waals surface area contributed by atoms with Gasteiger partial charge in [0.05, 0.1) is 11.8 Å². The van der Waals surface area contributed by atoms with Crippen molar-refractivity contribution in [1.82, 2.24) is 5.32 Å². The van der Waals surface area contributed by atoms with E-state index >= 15 is 0 Å². The van der Waals surface area contributed by atoms with Gasteiger partial charge in [-0.2, -0.15) is 0 Å². The Morgan fingerprint density at radius 1 is 0.449 bits per heavy atom. The van der Waals surface area contributed by atoms with Gasteiger partial charge in [-0.05, 0) is 12.8 Å². The number of rotatable bonds is 40. The number of hydrogen-bond acceptors (Lipinski definition) is 4. The molecule has 0 spiro atoms. The Balaban J connectivity index is 3.50. The smallest absolute Gasteiger partial charge is 0.224 e. The summed E-state index contributed by atoms with van der Waals surface area (Å²) in [4.78, 5) is 12.4. The largest absolute Gasteiger partial charge is 0.514 e. The van der Waals surface area contributed by atoms with Gasteiger partial charge in [-0.25, -0.2) is 0 Å². The number of aliphatic hydroxyl groups is 3. The third-order valence-electron chi connectivity index (χ3n) is 10.5. The van der Waals surface area contributed by atoms with E-state index in [0.29, 0.717) is 12.8 Å². The topological polar surface area (TPSA) is 89.8 Å². The fourth-order valence-electron chi connectivity index (χ4n) is 7.04. The van der Waals surface area contributed by atoms with Crippen LogP contribution < -0.4 is 5.32 Å². The molecule has 0 bridgehead atoms. The molecule has 0 aliphatic carbocycles. The summed E-state index contributed by atoms with van der Waals surface area (Å²) in [6, 6.07) is 0. The second kappa shape index (κ2) is 39.7. The van der Waals surface area contributed by atoms with Crippen LogP contribution in [0.4, 0.5) is 0 Å². The van der Waals surface area contributed by atoms with Crippen molar-refractivity contribution in [3.05, 3.63) is 12.0 Å². The molecule has 5 heteroatoms. The first-order chi connectivity index (χ1) is 24.1. The fraction of sp³-hybridized carbons (Fsp3) is 0.932. The van der Waals surface area contributed by atoms with Crippen LogP contribution >= 0.6 is 0 Å². The first kappa shape index (κ1) is 47.9. The zero-order valence-corrected chi connectivity index (χ0v) is 33.1. The van der Waals surface area contributed by atoms with Gasteiger partial charge in [0.2, 0.25) is 5.91 Å². The van der Waals surface area contributed by atoms with Crippen LogP contribution in [-0.2, 0) is 4.79 Å². The number of aliphatic hydroxyl groups excluding tert-OH is 3. The Morgan fingerprint density at radius 3 is 1.00 bits per heavy atom. The van der Waals surface area contributed by atoms with Crippen molar-refractivity contribution in [2.45, 2.75) is 264 Å². The predicted molar refractivity (Wildman–Crippen MR) is 213 cm³/mol. The normalized spacial score (nSPS) is 13.2. The molecular weight excluding hydrogens is 606 g/mol. The minimum atomic E-state index is -1.27. The summed E-state index contributed by atoms with van der Waals surface area (Å²) in [5.74, 6) is -0.209. The summed E-state index contributed by atoms with van der Waals surface area (Å²) < 4.78 is 0. The van der Waals surface area contributed by atoms with E-state index in [2.05, 4.69) is 19.2 Å². The molecule has 0 aromatic carbocycles. The van der Waals surface area contributed by atoms with E-state index in [1.807, 2.05) is 0 Å². The van der Waals surface area contributed by atoms with Crippen LogP contribution in [0.5, 0.6) is 0 Å². The predicted octanol–water partition coefficient (Wildman–Crippen LogP) is 13.7. The highest BCUT2D eigenvalue weighted by atomic mass is 16.3. The molecule has 5 nitrogen and oxygen atoms in total. The second-order valence-corrected chi connectivity index (χ2v) is 15.4. The lowest BCUT2D eigenvalue weighted by Crippen LogP contribution is -2.37. The Morgan fingerprint density at radius 2 is 0.714 bits per heavy atom. The van der Waals surface area contributed by atoms with Crippen LogP contribution in [0.1, 0.15) is 251 Å². The lowest BCUT2D eigenvalue weighted by Gasteiger charge is -2.20. The van der Waals surface area contributed by atoms with Crippen molar-refractivity contribution in [3.63, 3.8) is 0 Å². The molecule has 0 aromatic heterocycles. The van der Waals surface area contributed by atoms with E-state index in [9.17, 15) is 20.1 Å². The molecule has 0 radical (unpaired) electrons. The van der Waals surface area contributed by atoms with Gasteiger partial charge >= 0.3 is 0 Å². The first-order valence-corrected chi connectivity index (χ1v) is 22.1. The third-order valence-corrected chi connectivity index (χ3v) is 10.5. The first-order valence-electron chi connectivity index (χ1n) is 22.1. The van der Waals surface area contributed by atoms with Crippen molar-refractivity contribution < 1.29 is 20.1 Å². The summed E-state index contributed by atoms with van der Waals surface area (Å²) >= 11 is 0. The SMILES string of the molecule is CCCCCCCCCCCCCCCCCCCCCCCCCCCC(=O)N/C(=C/O)C(O)C(O)CCCCCCCCCCCC. The van der Waals surface area contributed by atoms with E-state index in [0.717, 1.165) is 44.8 Å². The van der Waals surface area contributed by atoms with Crippen molar-refractivity contribution >= 4 is 5.91 Å². The molecule has 0 fully saturated rings. The Bertz CT molecular complexity index is 696. The van der Waals surface area contributed by atoms with Crippen LogP contribution in [0.3, 0.4) is 0 Å². The van der Waals surface area contributed by atoms with Crippen LogP contribution in [0.15, 0.2) is 12.0 Å². The molecule has 2 atom stereocenters. The van der Waals surface area contributed by atoms with E-state index in [-0.39, 0.29) is 11.6 Å². The molecule has 49 heavy (non-hydrogen) atoms. The van der Waals surface area contributed by atoms with Crippen LogP contribution in [0, 0.1) is 0 Å². The van der Waals surface area contributed by atoms with Gasteiger partial charge in [0.1, 0.15) is 12.4 Å². The quantitative estimate of drug-likeness (QED) is 0.0380. The number of carbonyl (C=O) groups excluding carboxylic acids is 1.